The van der Waals surface area contributed by atoms with Crippen LogP contribution in [0.25, 0.3) is 111 Å². The Kier molecular flexibility index (Phi) is 8.11. The smallest absolute Gasteiger partial charge is 0.164 e. The van der Waals surface area contributed by atoms with Gasteiger partial charge >= 0.3 is 0 Å². The van der Waals surface area contributed by atoms with E-state index < -0.39 is 0 Å². The predicted octanol–water partition coefficient (Wildman–Crippen LogP) is 13.9. The van der Waals surface area contributed by atoms with Crippen LogP contribution < -0.4 is 0 Å². The first-order chi connectivity index (χ1) is 28.8. The molecule has 4 nitrogen and oxygen atoms in total. The first kappa shape index (κ1) is 33.5. The summed E-state index contributed by atoms with van der Waals surface area (Å²) in [7, 11) is 0. The molecule has 0 aliphatic rings. The van der Waals surface area contributed by atoms with E-state index >= 15 is 0 Å². The summed E-state index contributed by atoms with van der Waals surface area (Å²) >= 11 is 0. The van der Waals surface area contributed by atoms with E-state index in [1.807, 2.05) is 48.8 Å². The fourth-order valence-corrected chi connectivity index (χ4v) is 8.51. The Morgan fingerprint density at radius 3 is 1.43 bits per heavy atom. The van der Waals surface area contributed by atoms with E-state index in [1.54, 1.807) is 0 Å². The lowest BCUT2D eigenvalue weighted by molar-refractivity contribution is 1.07. The molecule has 0 aliphatic heterocycles. The second-order valence-electron chi connectivity index (χ2n) is 14.6. The van der Waals surface area contributed by atoms with Gasteiger partial charge in [-0.1, -0.05) is 164 Å². The van der Waals surface area contributed by atoms with E-state index in [0.717, 1.165) is 50.1 Å². The molecule has 0 atom stereocenters. The van der Waals surface area contributed by atoms with Gasteiger partial charge in [0.05, 0.1) is 0 Å². The zero-order valence-corrected chi connectivity index (χ0v) is 31.4. The second-order valence-corrected chi connectivity index (χ2v) is 14.6. The average Bonchev–Trinajstić information content (AvgIpc) is 3.31. The molecule has 0 radical (unpaired) electrons. The highest BCUT2D eigenvalue weighted by molar-refractivity contribution is 6.33. The van der Waals surface area contributed by atoms with Crippen LogP contribution in [0, 0.1) is 0 Å². The molecule has 2 aromatic heterocycles. The number of pyridine rings is 1. The lowest BCUT2D eigenvalue weighted by Crippen LogP contribution is -2.01. The average molecular weight is 739 g/mol. The van der Waals surface area contributed by atoms with Crippen LogP contribution in [0.5, 0.6) is 0 Å². The highest BCUT2D eigenvalue weighted by atomic mass is 15.0. The largest absolute Gasteiger partial charge is 0.264 e. The summed E-state index contributed by atoms with van der Waals surface area (Å²) < 4.78 is 0. The Morgan fingerprint density at radius 1 is 0.259 bits per heavy atom. The molecule has 11 aromatic rings. The molecular weight excluding hydrogens is 705 g/mol. The fraction of sp³-hybridized carbons (Fsp3) is 0. The SMILES string of the molecule is c1ccc(-c2nc(-c3cc(-c4cccnc4)cc(-c4cc5c6ccccc6c6ccccc6c5c5ccccc45)c3)nc(-c3ccccc3-c3ccccc3)n2)cc1. The molecule has 0 aliphatic carbocycles. The monoisotopic (exact) mass is 738 g/mol. The third-order valence-corrected chi connectivity index (χ3v) is 11.2. The number of benzene rings is 9. The van der Waals surface area contributed by atoms with Crippen molar-refractivity contribution in [3.63, 3.8) is 0 Å². The van der Waals surface area contributed by atoms with Crippen LogP contribution in [0.3, 0.4) is 0 Å². The summed E-state index contributed by atoms with van der Waals surface area (Å²) in [4.78, 5) is 20.2. The maximum Gasteiger partial charge on any atom is 0.164 e. The fourth-order valence-electron chi connectivity index (χ4n) is 8.51. The Bertz CT molecular complexity index is 3330. The van der Waals surface area contributed by atoms with Crippen LogP contribution in [-0.2, 0) is 0 Å². The van der Waals surface area contributed by atoms with Crippen molar-refractivity contribution >= 4 is 43.1 Å². The number of hydrogen-bond acceptors (Lipinski definition) is 4. The minimum Gasteiger partial charge on any atom is -0.264 e. The lowest BCUT2D eigenvalue weighted by Gasteiger charge is -2.17. The quantitative estimate of drug-likeness (QED) is 0.159. The maximum atomic E-state index is 5.30. The van der Waals surface area contributed by atoms with Gasteiger partial charge < -0.3 is 0 Å². The molecule has 0 spiro atoms. The summed E-state index contributed by atoms with van der Waals surface area (Å²) in [5.74, 6) is 1.83. The summed E-state index contributed by atoms with van der Waals surface area (Å²) in [5.41, 5.74) is 9.17. The number of aromatic nitrogens is 4. The minimum atomic E-state index is 0.597. The summed E-state index contributed by atoms with van der Waals surface area (Å²) in [5, 5.41) is 9.90. The van der Waals surface area contributed by atoms with Crippen molar-refractivity contribution in [2.75, 3.05) is 0 Å². The standard InChI is InChI=1S/C54H34N4/c1-3-16-35(17-4-1)41-21-7-14-28-48(41)54-57-52(36-18-5-2-6-19-36)56-53(58-54)40-31-38(37-20-15-29-55-34-37)30-39(32-40)49-33-50-44-24-9-8-22-42(44)43-23-10-12-26-46(43)51(50)47-27-13-11-25-45(47)49/h1-34H. The molecule has 9 aromatic carbocycles. The summed E-state index contributed by atoms with van der Waals surface area (Å²) in [6.07, 6.45) is 3.74. The zero-order valence-electron chi connectivity index (χ0n) is 31.4. The van der Waals surface area contributed by atoms with Gasteiger partial charge in [-0.2, -0.15) is 0 Å². The van der Waals surface area contributed by atoms with Crippen LogP contribution >= 0.6 is 0 Å². The molecule has 58 heavy (non-hydrogen) atoms. The Balaban J connectivity index is 1.20. The number of nitrogens with zero attached hydrogens (tertiary/aromatic N) is 4. The first-order valence-electron chi connectivity index (χ1n) is 19.5. The molecule has 0 N–H and O–H groups in total. The minimum absolute atomic E-state index is 0.597. The van der Waals surface area contributed by atoms with Gasteiger partial charge in [0.2, 0.25) is 0 Å². The van der Waals surface area contributed by atoms with Crippen molar-refractivity contribution < 1.29 is 0 Å². The maximum absolute atomic E-state index is 5.30. The molecule has 0 saturated carbocycles. The Labute approximate surface area is 335 Å². The summed E-state index contributed by atoms with van der Waals surface area (Å²) in [6, 6.07) is 68.5. The molecule has 0 bridgehead atoms. The molecule has 11 rings (SSSR count). The van der Waals surface area contributed by atoms with E-state index in [1.165, 1.54) is 43.1 Å². The van der Waals surface area contributed by atoms with Crippen molar-refractivity contribution in [1.29, 1.82) is 0 Å². The molecule has 270 valence electrons. The van der Waals surface area contributed by atoms with Crippen LogP contribution in [0.15, 0.2) is 207 Å². The van der Waals surface area contributed by atoms with Gasteiger partial charge in [-0.3, -0.25) is 4.98 Å². The highest BCUT2D eigenvalue weighted by Gasteiger charge is 2.19. The molecule has 4 heteroatoms. The third kappa shape index (κ3) is 5.78. The van der Waals surface area contributed by atoms with Crippen molar-refractivity contribution in [2.45, 2.75) is 0 Å². The molecule has 0 fully saturated rings. The normalized spacial score (nSPS) is 11.4. The number of fused-ring (bicyclic) bond motifs is 8. The predicted molar refractivity (Wildman–Crippen MR) is 240 cm³/mol. The van der Waals surface area contributed by atoms with Crippen molar-refractivity contribution in [2.24, 2.45) is 0 Å². The number of hydrogen-bond donors (Lipinski definition) is 0. The van der Waals surface area contributed by atoms with E-state index in [9.17, 15) is 0 Å². The van der Waals surface area contributed by atoms with E-state index in [4.69, 9.17) is 15.0 Å². The van der Waals surface area contributed by atoms with Crippen molar-refractivity contribution in [3.8, 4) is 67.5 Å². The van der Waals surface area contributed by atoms with E-state index in [0.29, 0.717) is 17.5 Å². The van der Waals surface area contributed by atoms with E-state index in [2.05, 4.69) is 163 Å². The molecule has 2 heterocycles. The van der Waals surface area contributed by atoms with Crippen molar-refractivity contribution in [3.05, 3.63) is 207 Å². The molecule has 0 saturated heterocycles. The topological polar surface area (TPSA) is 51.6 Å². The van der Waals surface area contributed by atoms with Gasteiger partial charge in [0.1, 0.15) is 0 Å². The zero-order chi connectivity index (χ0) is 38.4. The van der Waals surface area contributed by atoms with Crippen LogP contribution in [0.1, 0.15) is 0 Å². The van der Waals surface area contributed by atoms with Crippen LogP contribution in [0.2, 0.25) is 0 Å². The highest BCUT2D eigenvalue weighted by Crippen LogP contribution is 2.44. The molecule has 0 unspecified atom stereocenters. The lowest BCUT2D eigenvalue weighted by atomic mass is 9.86. The molecule has 0 amide bonds. The van der Waals surface area contributed by atoms with Gasteiger partial charge in [0.15, 0.2) is 17.5 Å². The Hall–Kier alpha value is -7.82. The van der Waals surface area contributed by atoms with Gasteiger partial charge in [0.25, 0.3) is 0 Å². The van der Waals surface area contributed by atoms with Crippen LogP contribution in [-0.4, -0.2) is 19.9 Å². The first-order valence-corrected chi connectivity index (χ1v) is 19.5. The van der Waals surface area contributed by atoms with Gasteiger partial charge in [-0.25, -0.2) is 15.0 Å². The van der Waals surface area contributed by atoms with Crippen LogP contribution in [0.4, 0.5) is 0 Å². The van der Waals surface area contributed by atoms with Gasteiger partial charge in [0, 0.05) is 34.6 Å². The third-order valence-electron chi connectivity index (χ3n) is 11.2. The van der Waals surface area contributed by atoms with Crippen molar-refractivity contribution in [1.82, 2.24) is 19.9 Å². The summed E-state index contributed by atoms with van der Waals surface area (Å²) in [6.45, 7) is 0. The van der Waals surface area contributed by atoms with Gasteiger partial charge in [-0.15, -0.1) is 0 Å². The second kappa shape index (κ2) is 14.0. The Morgan fingerprint density at radius 2 is 0.741 bits per heavy atom. The molecular formula is C54H34N4. The van der Waals surface area contributed by atoms with E-state index in [-0.39, 0.29) is 0 Å². The van der Waals surface area contributed by atoms with Gasteiger partial charge in [-0.05, 0) is 101 Å². The number of rotatable bonds is 6.